The molecule has 1 aliphatic carbocycles. The summed E-state index contributed by atoms with van der Waals surface area (Å²) < 4.78 is 5.08. The number of fused-ring (bicyclic) bond motifs is 1. The van der Waals surface area contributed by atoms with Gasteiger partial charge >= 0.3 is 17.9 Å². The van der Waals surface area contributed by atoms with E-state index in [1.807, 2.05) is 30.3 Å². The molecule has 2 atom stereocenters. The van der Waals surface area contributed by atoms with Gasteiger partial charge in [-0.05, 0) is 72.7 Å². The summed E-state index contributed by atoms with van der Waals surface area (Å²) in [4.78, 5) is 64.6. The third-order valence-electron chi connectivity index (χ3n) is 7.57. The van der Waals surface area contributed by atoms with Crippen LogP contribution in [0.1, 0.15) is 76.0 Å². The van der Waals surface area contributed by atoms with E-state index in [2.05, 4.69) is 17.6 Å². The van der Waals surface area contributed by atoms with E-state index in [1.165, 1.54) is 30.2 Å². The molecule has 0 fully saturated rings. The molecule has 0 spiro atoms. The molecule has 0 radical (unpaired) electrons. The van der Waals surface area contributed by atoms with Crippen LogP contribution in [-0.4, -0.2) is 47.0 Å². The molecule has 12 heteroatoms. The molecular formula is C34H30N2O8S2. The molecule has 2 unspecified atom stereocenters. The Balaban J connectivity index is 1.41. The Morgan fingerprint density at radius 3 is 2.37 bits per heavy atom. The highest BCUT2D eigenvalue weighted by Crippen LogP contribution is 2.42. The second kappa shape index (κ2) is 14.0. The molecule has 1 aliphatic rings. The van der Waals surface area contributed by atoms with Crippen LogP contribution in [0.3, 0.4) is 0 Å². The molecule has 2 amide bonds. The smallest absolute Gasteiger partial charge is 0.341 e. The molecule has 4 aromatic rings. The van der Waals surface area contributed by atoms with Crippen LogP contribution in [0.25, 0.3) is 0 Å². The van der Waals surface area contributed by atoms with Crippen molar-refractivity contribution in [2.75, 3.05) is 17.7 Å². The number of amides is 2. The topological polar surface area (TPSA) is 159 Å². The average molecular weight is 659 g/mol. The third kappa shape index (κ3) is 7.13. The molecule has 0 aliphatic heterocycles. The molecule has 10 nitrogen and oxygen atoms in total. The summed E-state index contributed by atoms with van der Waals surface area (Å²) in [7, 11) is 1.32. The first-order valence-corrected chi connectivity index (χ1v) is 16.0. The number of nitrogens with one attached hydrogen (secondary N) is 2. The molecule has 5 rings (SSSR count). The van der Waals surface area contributed by atoms with Gasteiger partial charge < -0.3 is 25.6 Å². The van der Waals surface area contributed by atoms with Crippen molar-refractivity contribution in [3.63, 3.8) is 0 Å². The molecule has 4 N–H and O–H groups in total. The number of hydrogen-bond acceptors (Lipinski definition) is 8. The van der Waals surface area contributed by atoms with Crippen LogP contribution in [-0.2, 0) is 22.4 Å². The summed E-state index contributed by atoms with van der Waals surface area (Å²) in [5, 5.41) is 24.2. The summed E-state index contributed by atoms with van der Waals surface area (Å²) in [5.74, 6) is -3.84. The van der Waals surface area contributed by atoms with Gasteiger partial charge in [-0.1, -0.05) is 43.3 Å². The zero-order valence-electron chi connectivity index (χ0n) is 24.9. The summed E-state index contributed by atoms with van der Waals surface area (Å²) >= 11 is 2.65. The van der Waals surface area contributed by atoms with Crippen LogP contribution < -0.4 is 10.6 Å². The van der Waals surface area contributed by atoms with Crippen LogP contribution in [0.5, 0.6) is 0 Å². The van der Waals surface area contributed by atoms with E-state index < -0.39 is 34.6 Å². The minimum atomic E-state index is -1.44. The Labute approximate surface area is 272 Å². The lowest BCUT2D eigenvalue weighted by Gasteiger charge is -2.18. The van der Waals surface area contributed by atoms with Gasteiger partial charge in [0, 0.05) is 15.5 Å². The number of methoxy groups -OCH3 is 1. The summed E-state index contributed by atoms with van der Waals surface area (Å²) in [6, 6.07) is 19.2. The number of anilines is 2. The Morgan fingerprint density at radius 1 is 0.913 bits per heavy atom. The number of benzene rings is 3. The molecule has 236 valence electrons. The second-order valence-electron chi connectivity index (χ2n) is 10.8. The van der Waals surface area contributed by atoms with E-state index in [4.69, 9.17) is 4.74 Å². The summed E-state index contributed by atoms with van der Waals surface area (Å²) in [6.45, 7) is 2.16. The highest BCUT2D eigenvalue weighted by Gasteiger charge is 2.31. The van der Waals surface area contributed by atoms with E-state index in [9.17, 15) is 34.2 Å². The number of carbonyl (C=O) groups excluding carboxylic acids is 3. The Kier molecular flexibility index (Phi) is 9.88. The average Bonchev–Trinajstić information content (AvgIpc) is 3.39. The van der Waals surface area contributed by atoms with Crippen molar-refractivity contribution in [1.29, 1.82) is 0 Å². The number of carbonyl (C=O) groups is 5. The fraction of sp³-hybridized carbons (Fsp3) is 0.206. The fourth-order valence-electron chi connectivity index (χ4n) is 5.27. The number of thiophene rings is 1. The third-order valence-corrected chi connectivity index (χ3v) is 9.98. The van der Waals surface area contributed by atoms with Crippen molar-refractivity contribution < 1.29 is 38.9 Å². The maximum absolute atomic E-state index is 13.9. The standard InChI is InChI=1S/C34H30N2O8S2/c1-18-11-13-24-26(15-18)46-31(27(24)34(43)44-2)36-30(38)28(19-7-4-3-5-8-19)45-22-10-6-9-21(17-22)35-29(37)23-14-12-20(32(39)40)16-25(23)33(41)42/h3-10,12,14,16-18,28H,11,13,15H2,1-2H3,(H,35,37)(H,36,38)(H,39,40)(H,41,42). The van der Waals surface area contributed by atoms with Crippen molar-refractivity contribution in [3.8, 4) is 0 Å². The molecular weight excluding hydrogens is 629 g/mol. The lowest BCUT2D eigenvalue weighted by molar-refractivity contribution is -0.115. The van der Waals surface area contributed by atoms with E-state index in [1.54, 1.807) is 24.3 Å². The fourth-order valence-corrected chi connectivity index (χ4v) is 7.75. The second-order valence-corrected chi connectivity index (χ2v) is 13.1. The zero-order chi connectivity index (χ0) is 33.0. The molecule has 0 bridgehead atoms. The van der Waals surface area contributed by atoms with E-state index >= 15 is 0 Å². The SMILES string of the molecule is COC(=O)c1c(NC(=O)C(Sc2cccc(NC(=O)c3ccc(C(=O)O)cc3C(=O)O)c2)c2ccccc2)sc2c1CCC(C)C2. The van der Waals surface area contributed by atoms with Gasteiger partial charge in [0.1, 0.15) is 10.3 Å². The largest absolute Gasteiger partial charge is 0.478 e. The van der Waals surface area contributed by atoms with Crippen LogP contribution in [0.2, 0.25) is 0 Å². The van der Waals surface area contributed by atoms with Crippen LogP contribution >= 0.6 is 23.1 Å². The number of thioether (sulfide) groups is 1. The van der Waals surface area contributed by atoms with Gasteiger partial charge in [-0.15, -0.1) is 23.1 Å². The first-order chi connectivity index (χ1) is 22.0. The number of aromatic carboxylic acids is 2. The van der Waals surface area contributed by atoms with Gasteiger partial charge in [0.25, 0.3) is 5.91 Å². The monoisotopic (exact) mass is 658 g/mol. The molecule has 1 heterocycles. The maximum atomic E-state index is 13.9. The van der Waals surface area contributed by atoms with Gasteiger partial charge in [0.05, 0.1) is 29.4 Å². The molecule has 3 aromatic carbocycles. The van der Waals surface area contributed by atoms with Crippen LogP contribution in [0, 0.1) is 5.92 Å². The van der Waals surface area contributed by atoms with Crippen molar-refractivity contribution in [2.24, 2.45) is 5.92 Å². The lowest BCUT2D eigenvalue weighted by atomic mass is 9.88. The van der Waals surface area contributed by atoms with Crippen molar-refractivity contribution in [1.82, 2.24) is 0 Å². The number of rotatable bonds is 10. The van der Waals surface area contributed by atoms with Crippen molar-refractivity contribution in [2.45, 2.75) is 36.3 Å². The van der Waals surface area contributed by atoms with Crippen LogP contribution in [0.4, 0.5) is 10.7 Å². The highest BCUT2D eigenvalue weighted by molar-refractivity contribution is 8.00. The highest BCUT2D eigenvalue weighted by atomic mass is 32.2. The predicted octanol–water partition coefficient (Wildman–Crippen LogP) is 6.78. The number of carboxylic acid groups (broad SMARTS) is 2. The van der Waals surface area contributed by atoms with E-state index in [0.717, 1.165) is 53.5 Å². The Morgan fingerprint density at radius 2 is 1.67 bits per heavy atom. The van der Waals surface area contributed by atoms with Crippen molar-refractivity contribution >= 4 is 63.5 Å². The quantitative estimate of drug-likeness (QED) is 0.106. The van der Waals surface area contributed by atoms with Gasteiger partial charge in [0.2, 0.25) is 5.91 Å². The zero-order valence-corrected chi connectivity index (χ0v) is 26.5. The van der Waals surface area contributed by atoms with E-state index in [0.29, 0.717) is 27.1 Å². The van der Waals surface area contributed by atoms with Gasteiger partial charge in [0.15, 0.2) is 0 Å². The lowest BCUT2D eigenvalue weighted by Crippen LogP contribution is -2.20. The van der Waals surface area contributed by atoms with Gasteiger partial charge in [-0.25, -0.2) is 14.4 Å². The molecule has 46 heavy (non-hydrogen) atoms. The minimum absolute atomic E-state index is 0.202. The Hall–Kier alpha value is -4.94. The predicted molar refractivity (Wildman–Crippen MR) is 175 cm³/mol. The first-order valence-electron chi connectivity index (χ1n) is 14.3. The normalized spacial score (nSPS) is 14.4. The minimum Gasteiger partial charge on any atom is -0.478 e. The molecule has 1 aromatic heterocycles. The first kappa shape index (κ1) is 32.5. The summed E-state index contributed by atoms with van der Waals surface area (Å²) in [6.07, 6.45) is 2.51. The molecule has 0 saturated carbocycles. The maximum Gasteiger partial charge on any atom is 0.341 e. The number of carboxylic acids is 2. The van der Waals surface area contributed by atoms with Crippen LogP contribution in [0.15, 0.2) is 77.7 Å². The Bertz CT molecular complexity index is 1840. The van der Waals surface area contributed by atoms with Crippen molar-refractivity contribution in [3.05, 3.63) is 111 Å². The number of hydrogen-bond donors (Lipinski definition) is 4. The number of esters is 1. The number of ether oxygens (including phenoxy) is 1. The van der Waals surface area contributed by atoms with Gasteiger partial charge in [-0.2, -0.15) is 0 Å². The van der Waals surface area contributed by atoms with Gasteiger partial charge in [-0.3, -0.25) is 9.59 Å². The van der Waals surface area contributed by atoms with E-state index in [-0.39, 0.29) is 17.0 Å². The summed E-state index contributed by atoms with van der Waals surface area (Å²) in [5.41, 5.74) is 1.50. The molecule has 0 saturated heterocycles.